The largest absolute Gasteiger partial charge is 0.506 e. The summed E-state index contributed by atoms with van der Waals surface area (Å²) in [5.74, 6) is -0.655. The summed E-state index contributed by atoms with van der Waals surface area (Å²) in [5, 5.41) is 20.7. The summed E-state index contributed by atoms with van der Waals surface area (Å²) >= 11 is 0. The molecule has 1 atom stereocenters. The molecule has 21 heavy (non-hydrogen) atoms. The first-order valence-corrected chi connectivity index (χ1v) is 6.62. The van der Waals surface area contributed by atoms with Crippen LogP contribution in [0.1, 0.15) is 15.9 Å². The number of phenols is 1. The molecule has 0 unspecified atom stereocenters. The molecule has 2 N–H and O–H groups in total. The van der Waals surface area contributed by atoms with Crippen LogP contribution in [0.3, 0.4) is 0 Å². The van der Waals surface area contributed by atoms with E-state index in [2.05, 4.69) is 0 Å². The molecule has 0 saturated carbocycles. The molecule has 2 aromatic carbocycles. The number of carbonyl (C=O) groups is 1. The van der Waals surface area contributed by atoms with E-state index in [-0.39, 0.29) is 17.7 Å². The standard InChI is InChI=1S/C17H14O4/c18-14(10-11-4-2-1-3-5-11)17(20)13-6-7-15-12(16(13)19)8-9-21-15/h1-9,14,18-19H,10H2/t14-/m0/s1. The van der Waals surface area contributed by atoms with E-state index in [1.54, 1.807) is 12.1 Å². The van der Waals surface area contributed by atoms with Crippen molar-refractivity contribution in [1.82, 2.24) is 0 Å². The lowest BCUT2D eigenvalue weighted by Gasteiger charge is -2.11. The van der Waals surface area contributed by atoms with Crippen LogP contribution in [0, 0.1) is 0 Å². The maximum atomic E-state index is 12.3. The zero-order valence-electron chi connectivity index (χ0n) is 11.2. The van der Waals surface area contributed by atoms with Gasteiger partial charge in [-0.25, -0.2) is 0 Å². The van der Waals surface area contributed by atoms with E-state index in [4.69, 9.17) is 4.42 Å². The van der Waals surface area contributed by atoms with Crippen molar-refractivity contribution in [2.24, 2.45) is 0 Å². The Hall–Kier alpha value is -2.59. The third-order valence-electron chi connectivity index (χ3n) is 3.45. The highest BCUT2D eigenvalue weighted by atomic mass is 16.3. The number of benzene rings is 2. The quantitative estimate of drug-likeness (QED) is 0.722. The highest BCUT2D eigenvalue weighted by molar-refractivity contribution is 6.06. The van der Waals surface area contributed by atoms with Crippen molar-refractivity contribution >= 4 is 16.8 Å². The average Bonchev–Trinajstić information content (AvgIpc) is 2.97. The van der Waals surface area contributed by atoms with Gasteiger partial charge in [-0.1, -0.05) is 30.3 Å². The van der Waals surface area contributed by atoms with Crippen LogP contribution in [-0.2, 0) is 6.42 Å². The van der Waals surface area contributed by atoms with Crippen molar-refractivity contribution in [3.63, 3.8) is 0 Å². The molecular formula is C17H14O4. The first-order chi connectivity index (χ1) is 10.2. The van der Waals surface area contributed by atoms with E-state index in [1.165, 1.54) is 12.3 Å². The lowest BCUT2D eigenvalue weighted by atomic mass is 9.98. The molecular weight excluding hydrogens is 268 g/mol. The highest BCUT2D eigenvalue weighted by Gasteiger charge is 2.22. The number of Topliss-reactive ketones (excluding diaryl/α,β-unsaturated/α-hetero) is 1. The molecule has 3 aromatic rings. The molecule has 3 rings (SSSR count). The molecule has 4 nitrogen and oxygen atoms in total. The zero-order valence-corrected chi connectivity index (χ0v) is 11.2. The van der Waals surface area contributed by atoms with Gasteiger partial charge in [0.25, 0.3) is 0 Å². The Bertz CT molecular complexity index is 774. The van der Waals surface area contributed by atoms with Crippen LogP contribution < -0.4 is 0 Å². The van der Waals surface area contributed by atoms with Crippen LogP contribution in [0.4, 0.5) is 0 Å². The van der Waals surface area contributed by atoms with Crippen molar-refractivity contribution in [3.05, 3.63) is 65.9 Å². The lowest BCUT2D eigenvalue weighted by Crippen LogP contribution is -2.23. The fourth-order valence-electron chi connectivity index (χ4n) is 2.34. The minimum Gasteiger partial charge on any atom is -0.506 e. The molecule has 0 fully saturated rings. The molecule has 1 heterocycles. The van der Waals surface area contributed by atoms with Gasteiger partial charge in [0, 0.05) is 6.42 Å². The van der Waals surface area contributed by atoms with Crippen LogP contribution in [0.25, 0.3) is 11.0 Å². The smallest absolute Gasteiger partial charge is 0.195 e. The lowest BCUT2D eigenvalue weighted by molar-refractivity contribution is 0.0745. The van der Waals surface area contributed by atoms with Crippen molar-refractivity contribution in [3.8, 4) is 5.75 Å². The SMILES string of the molecule is O=C(c1ccc2occc2c1O)[C@@H](O)Cc1ccccc1. The summed E-state index contributed by atoms with van der Waals surface area (Å²) in [6, 6.07) is 13.9. The molecule has 0 bridgehead atoms. The molecule has 0 aliphatic carbocycles. The number of hydrogen-bond donors (Lipinski definition) is 2. The predicted octanol–water partition coefficient (Wildman–Crippen LogP) is 2.92. The van der Waals surface area contributed by atoms with Crippen LogP contribution in [0.2, 0.25) is 0 Å². The average molecular weight is 282 g/mol. The number of carbonyl (C=O) groups excluding carboxylic acids is 1. The van der Waals surface area contributed by atoms with Crippen molar-refractivity contribution < 1.29 is 19.4 Å². The summed E-state index contributed by atoms with van der Waals surface area (Å²) in [6.07, 6.45) is 0.462. The fourth-order valence-corrected chi connectivity index (χ4v) is 2.34. The van der Waals surface area contributed by atoms with E-state index in [0.29, 0.717) is 11.0 Å². The first-order valence-electron chi connectivity index (χ1n) is 6.62. The van der Waals surface area contributed by atoms with Gasteiger partial charge in [-0.05, 0) is 23.8 Å². The summed E-state index contributed by atoms with van der Waals surface area (Å²) in [4.78, 5) is 12.3. The van der Waals surface area contributed by atoms with E-state index < -0.39 is 11.9 Å². The van der Waals surface area contributed by atoms with Crippen LogP contribution in [0.5, 0.6) is 5.75 Å². The van der Waals surface area contributed by atoms with Crippen LogP contribution in [0.15, 0.2) is 59.2 Å². The predicted molar refractivity (Wildman–Crippen MR) is 78.4 cm³/mol. The number of aliphatic hydroxyl groups is 1. The topological polar surface area (TPSA) is 70.7 Å². The summed E-state index contributed by atoms with van der Waals surface area (Å²) in [5.41, 5.74) is 1.47. The number of aromatic hydroxyl groups is 1. The minimum absolute atomic E-state index is 0.104. The molecule has 0 amide bonds. The van der Waals surface area contributed by atoms with Gasteiger partial charge in [-0.3, -0.25) is 4.79 Å². The zero-order chi connectivity index (χ0) is 14.8. The number of hydrogen-bond acceptors (Lipinski definition) is 4. The third-order valence-corrected chi connectivity index (χ3v) is 3.45. The van der Waals surface area contributed by atoms with E-state index in [9.17, 15) is 15.0 Å². The molecule has 106 valence electrons. The Kier molecular flexibility index (Phi) is 3.46. The number of rotatable bonds is 4. The fraction of sp³-hybridized carbons (Fsp3) is 0.118. The molecule has 0 saturated heterocycles. The Morgan fingerprint density at radius 3 is 2.62 bits per heavy atom. The maximum absolute atomic E-state index is 12.3. The van der Waals surface area contributed by atoms with Crippen molar-refractivity contribution in [1.29, 1.82) is 0 Å². The van der Waals surface area contributed by atoms with Gasteiger partial charge in [-0.2, -0.15) is 0 Å². The second-order valence-corrected chi connectivity index (χ2v) is 4.86. The van der Waals surface area contributed by atoms with Crippen LogP contribution >= 0.6 is 0 Å². The van der Waals surface area contributed by atoms with E-state index in [1.807, 2.05) is 30.3 Å². The molecule has 0 radical (unpaired) electrons. The normalized spacial score (nSPS) is 12.4. The van der Waals surface area contributed by atoms with Crippen molar-refractivity contribution in [2.45, 2.75) is 12.5 Å². The summed E-state index contributed by atoms with van der Waals surface area (Å²) in [6.45, 7) is 0. The van der Waals surface area contributed by atoms with Gasteiger partial charge >= 0.3 is 0 Å². The minimum atomic E-state index is -1.19. The second-order valence-electron chi connectivity index (χ2n) is 4.86. The number of aliphatic hydroxyl groups excluding tert-OH is 1. The number of furan rings is 1. The van der Waals surface area contributed by atoms with Gasteiger partial charge in [0.05, 0.1) is 17.2 Å². The second kappa shape index (κ2) is 5.42. The Labute approximate surface area is 121 Å². The monoisotopic (exact) mass is 282 g/mol. The summed E-state index contributed by atoms with van der Waals surface area (Å²) < 4.78 is 5.16. The van der Waals surface area contributed by atoms with Gasteiger partial charge < -0.3 is 14.6 Å². The molecule has 1 aromatic heterocycles. The van der Waals surface area contributed by atoms with Gasteiger partial charge in [0.1, 0.15) is 17.4 Å². The highest BCUT2D eigenvalue weighted by Crippen LogP contribution is 2.30. The Balaban J connectivity index is 1.87. The molecule has 0 aliphatic heterocycles. The number of phenolic OH excluding ortho intramolecular Hbond substituents is 1. The Morgan fingerprint density at radius 2 is 1.86 bits per heavy atom. The third kappa shape index (κ3) is 2.53. The van der Waals surface area contributed by atoms with Crippen molar-refractivity contribution in [2.75, 3.05) is 0 Å². The van der Waals surface area contributed by atoms with E-state index in [0.717, 1.165) is 5.56 Å². The maximum Gasteiger partial charge on any atom is 0.195 e. The molecule has 0 spiro atoms. The first kappa shape index (κ1) is 13.4. The van der Waals surface area contributed by atoms with Gasteiger partial charge in [-0.15, -0.1) is 0 Å². The Morgan fingerprint density at radius 1 is 1.10 bits per heavy atom. The van der Waals surface area contributed by atoms with Crippen LogP contribution in [-0.4, -0.2) is 22.1 Å². The molecule has 4 heteroatoms. The van der Waals surface area contributed by atoms with Gasteiger partial charge in [0.15, 0.2) is 5.78 Å². The summed E-state index contributed by atoms with van der Waals surface area (Å²) in [7, 11) is 0. The number of fused-ring (bicyclic) bond motifs is 1. The van der Waals surface area contributed by atoms with E-state index >= 15 is 0 Å². The molecule has 0 aliphatic rings. The number of ketones is 1. The van der Waals surface area contributed by atoms with Gasteiger partial charge in [0.2, 0.25) is 0 Å².